The first kappa shape index (κ1) is 17.8. The van der Waals surface area contributed by atoms with Crippen LogP contribution in [0.2, 0.25) is 0 Å². The molecule has 1 aromatic heterocycles. The third-order valence-corrected chi connectivity index (χ3v) is 7.20. The Kier molecular flexibility index (Phi) is 4.04. The Hall–Kier alpha value is -2.30. The number of fused-ring (bicyclic) bond motifs is 1. The van der Waals surface area contributed by atoms with E-state index < -0.39 is 12.1 Å². The molecule has 148 valence electrons. The number of ether oxygens (including phenoxy) is 1. The molecule has 0 aliphatic heterocycles. The maximum absolute atomic E-state index is 12.9. The SMILES string of the molecule is C[C@@H](OC(=O)c1cn(C)c2ccccc12)C(=O)NC12CC3CC(CC(C3)C1)C2. The molecule has 5 heteroatoms. The Balaban J connectivity index is 1.28. The van der Waals surface area contributed by atoms with Crippen LogP contribution in [0.1, 0.15) is 55.8 Å². The molecule has 1 amide bonds. The van der Waals surface area contributed by atoms with Gasteiger partial charge in [-0.25, -0.2) is 4.79 Å². The van der Waals surface area contributed by atoms with Crippen LogP contribution in [0, 0.1) is 17.8 Å². The first-order valence-corrected chi connectivity index (χ1v) is 10.5. The molecule has 0 spiro atoms. The van der Waals surface area contributed by atoms with Gasteiger partial charge in [0.05, 0.1) is 5.56 Å². The zero-order chi connectivity index (χ0) is 19.5. The van der Waals surface area contributed by atoms with Gasteiger partial charge in [0.15, 0.2) is 6.10 Å². The standard InChI is InChI=1S/C23H28N2O3/c1-14(28-22(27)19-13-25(2)20-6-4-3-5-18(19)20)21(26)24-23-10-15-7-16(11-23)9-17(8-15)12-23/h3-6,13-17H,7-12H2,1-2H3,(H,24,26)/t14-,15?,16?,17?,23?/m1/s1. The van der Waals surface area contributed by atoms with Crippen molar-refractivity contribution in [2.75, 3.05) is 0 Å². The second-order valence-corrected chi connectivity index (χ2v) is 9.41. The summed E-state index contributed by atoms with van der Waals surface area (Å²) in [6, 6.07) is 7.72. The van der Waals surface area contributed by atoms with E-state index in [1.165, 1.54) is 19.3 Å². The lowest BCUT2D eigenvalue weighted by Gasteiger charge is -2.57. The highest BCUT2D eigenvalue weighted by molar-refractivity contribution is 6.05. The van der Waals surface area contributed by atoms with E-state index in [9.17, 15) is 9.59 Å². The summed E-state index contributed by atoms with van der Waals surface area (Å²) < 4.78 is 7.48. The molecule has 0 saturated heterocycles. The van der Waals surface area contributed by atoms with Gasteiger partial charge in [-0.2, -0.15) is 0 Å². The molecule has 4 fully saturated rings. The average molecular weight is 380 g/mol. The smallest absolute Gasteiger partial charge is 0.341 e. The van der Waals surface area contributed by atoms with Gasteiger partial charge in [0.1, 0.15) is 0 Å². The van der Waals surface area contributed by atoms with Crippen LogP contribution in [-0.2, 0) is 16.6 Å². The van der Waals surface area contributed by atoms with Gasteiger partial charge in [-0.15, -0.1) is 0 Å². The van der Waals surface area contributed by atoms with Crippen LogP contribution in [0.15, 0.2) is 30.5 Å². The van der Waals surface area contributed by atoms with E-state index in [4.69, 9.17) is 4.74 Å². The van der Waals surface area contributed by atoms with Crippen LogP contribution in [0.3, 0.4) is 0 Å². The number of nitrogens with one attached hydrogen (secondary N) is 1. The zero-order valence-electron chi connectivity index (χ0n) is 16.6. The van der Waals surface area contributed by atoms with Gasteiger partial charge < -0.3 is 14.6 Å². The van der Waals surface area contributed by atoms with Gasteiger partial charge >= 0.3 is 5.97 Å². The molecule has 0 radical (unpaired) electrons. The first-order valence-electron chi connectivity index (χ1n) is 10.5. The minimum absolute atomic E-state index is 0.0635. The van der Waals surface area contributed by atoms with E-state index in [0.29, 0.717) is 5.56 Å². The highest BCUT2D eigenvalue weighted by atomic mass is 16.5. The number of carbonyl (C=O) groups is 2. The van der Waals surface area contributed by atoms with Crippen LogP contribution in [0.4, 0.5) is 0 Å². The molecule has 6 rings (SSSR count). The van der Waals surface area contributed by atoms with E-state index in [1.54, 1.807) is 13.1 Å². The summed E-state index contributed by atoms with van der Waals surface area (Å²) in [5, 5.41) is 4.15. The van der Waals surface area contributed by atoms with Crippen molar-refractivity contribution >= 4 is 22.8 Å². The van der Waals surface area contributed by atoms with Crippen molar-refractivity contribution in [3.05, 3.63) is 36.0 Å². The maximum Gasteiger partial charge on any atom is 0.341 e. The van der Waals surface area contributed by atoms with Crippen molar-refractivity contribution in [3.63, 3.8) is 0 Å². The third-order valence-electron chi connectivity index (χ3n) is 7.20. The molecular weight excluding hydrogens is 352 g/mol. The van der Waals surface area contributed by atoms with Crippen LogP contribution >= 0.6 is 0 Å². The minimum atomic E-state index is -0.792. The number of benzene rings is 1. The van der Waals surface area contributed by atoms with Gasteiger partial charge in [-0.05, 0) is 69.3 Å². The summed E-state index contributed by atoms with van der Waals surface area (Å²) in [5.74, 6) is 1.70. The number of nitrogens with zero attached hydrogens (tertiary/aromatic N) is 1. The summed E-state index contributed by atoms with van der Waals surface area (Å²) in [4.78, 5) is 25.6. The van der Waals surface area contributed by atoms with Crippen molar-refractivity contribution in [1.29, 1.82) is 0 Å². The molecule has 2 aromatic rings. The fourth-order valence-corrected chi connectivity index (χ4v) is 6.41. The molecule has 1 heterocycles. The van der Waals surface area contributed by atoms with Gasteiger partial charge in [0.2, 0.25) is 0 Å². The van der Waals surface area contributed by atoms with E-state index in [-0.39, 0.29) is 11.4 Å². The average Bonchev–Trinajstić information content (AvgIpc) is 2.97. The highest BCUT2D eigenvalue weighted by Gasteiger charge is 2.51. The lowest BCUT2D eigenvalue weighted by Crippen LogP contribution is -2.61. The zero-order valence-corrected chi connectivity index (χ0v) is 16.6. The van der Waals surface area contributed by atoms with Crippen LogP contribution in [-0.4, -0.2) is 28.1 Å². The highest BCUT2D eigenvalue weighted by Crippen LogP contribution is 2.55. The van der Waals surface area contributed by atoms with E-state index in [1.807, 2.05) is 35.9 Å². The van der Waals surface area contributed by atoms with Crippen molar-refractivity contribution < 1.29 is 14.3 Å². The number of aryl methyl sites for hydroxylation is 1. The Morgan fingerprint density at radius 1 is 1.11 bits per heavy atom. The summed E-state index contributed by atoms with van der Waals surface area (Å²) in [6.45, 7) is 1.68. The fraction of sp³-hybridized carbons (Fsp3) is 0.565. The number of rotatable bonds is 4. The Labute approximate surface area is 165 Å². The lowest BCUT2D eigenvalue weighted by atomic mass is 9.53. The Morgan fingerprint density at radius 3 is 2.36 bits per heavy atom. The van der Waals surface area contributed by atoms with Crippen molar-refractivity contribution in [1.82, 2.24) is 9.88 Å². The summed E-state index contributed by atoms with van der Waals surface area (Å²) >= 11 is 0. The second-order valence-electron chi connectivity index (χ2n) is 9.41. The summed E-state index contributed by atoms with van der Waals surface area (Å²) in [7, 11) is 1.91. The number of para-hydroxylation sites is 1. The molecule has 4 aliphatic carbocycles. The number of amides is 1. The van der Waals surface area contributed by atoms with Gasteiger partial charge in [0, 0.05) is 29.7 Å². The van der Waals surface area contributed by atoms with Gasteiger partial charge in [-0.1, -0.05) is 18.2 Å². The molecule has 4 saturated carbocycles. The van der Waals surface area contributed by atoms with Crippen molar-refractivity contribution in [3.8, 4) is 0 Å². The molecule has 4 aliphatic rings. The largest absolute Gasteiger partial charge is 0.449 e. The number of aromatic nitrogens is 1. The Morgan fingerprint density at radius 2 is 1.71 bits per heavy atom. The van der Waals surface area contributed by atoms with E-state index in [2.05, 4.69) is 5.32 Å². The molecule has 1 aromatic carbocycles. The molecule has 1 atom stereocenters. The lowest BCUT2D eigenvalue weighted by molar-refractivity contribution is -0.134. The number of carbonyl (C=O) groups excluding carboxylic acids is 2. The monoisotopic (exact) mass is 380 g/mol. The third kappa shape index (κ3) is 2.92. The van der Waals surface area contributed by atoms with E-state index in [0.717, 1.165) is 47.9 Å². The topological polar surface area (TPSA) is 60.3 Å². The molecular formula is C23H28N2O3. The molecule has 4 bridgehead atoms. The first-order chi connectivity index (χ1) is 13.4. The molecule has 5 nitrogen and oxygen atoms in total. The van der Waals surface area contributed by atoms with Crippen LogP contribution < -0.4 is 5.32 Å². The van der Waals surface area contributed by atoms with Crippen LogP contribution in [0.5, 0.6) is 0 Å². The number of esters is 1. The molecule has 0 unspecified atom stereocenters. The fourth-order valence-electron chi connectivity index (χ4n) is 6.41. The Bertz CT molecular complexity index is 909. The number of hydrogen-bond acceptors (Lipinski definition) is 3. The maximum atomic E-state index is 12.9. The minimum Gasteiger partial charge on any atom is -0.449 e. The van der Waals surface area contributed by atoms with Gasteiger partial charge in [0.25, 0.3) is 5.91 Å². The quantitative estimate of drug-likeness (QED) is 0.821. The van der Waals surface area contributed by atoms with Crippen LogP contribution in [0.25, 0.3) is 10.9 Å². The molecule has 1 N–H and O–H groups in total. The summed E-state index contributed by atoms with van der Waals surface area (Å²) in [6.07, 6.45) is 8.26. The summed E-state index contributed by atoms with van der Waals surface area (Å²) in [5.41, 5.74) is 1.42. The van der Waals surface area contributed by atoms with Gasteiger partial charge in [-0.3, -0.25) is 4.79 Å². The van der Waals surface area contributed by atoms with Crippen molar-refractivity contribution in [2.24, 2.45) is 24.8 Å². The second kappa shape index (κ2) is 6.36. The predicted octanol–water partition coefficient (Wildman–Crippen LogP) is 3.81. The molecule has 28 heavy (non-hydrogen) atoms. The van der Waals surface area contributed by atoms with Crippen molar-refractivity contribution in [2.45, 2.75) is 57.1 Å². The predicted molar refractivity (Wildman–Crippen MR) is 107 cm³/mol. The number of hydrogen-bond donors (Lipinski definition) is 1. The normalized spacial score (nSPS) is 31.7. The van der Waals surface area contributed by atoms with E-state index >= 15 is 0 Å².